The van der Waals surface area contributed by atoms with Crippen LogP contribution in [0.5, 0.6) is 0 Å². The molecule has 0 aliphatic rings. The van der Waals surface area contributed by atoms with Gasteiger partial charge in [0.2, 0.25) is 5.91 Å². The van der Waals surface area contributed by atoms with Gasteiger partial charge in [0, 0.05) is 30.8 Å². The lowest BCUT2D eigenvalue weighted by molar-refractivity contribution is -0.120. The zero-order chi connectivity index (χ0) is 14.8. The molecule has 110 valence electrons. The number of carbonyl (C=O) groups is 2. The van der Waals surface area contributed by atoms with Crippen molar-refractivity contribution in [3.05, 3.63) is 29.8 Å². The maximum atomic E-state index is 11.6. The number of hydrogen-bond donors (Lipinski definition) is 2. The van der Waals surface area contributed by atoms with Crippen LogP contribution < -0.4 is 10.6 Å². The van der Waals surface area contributed by atoms with E-state index in [-0.39, 0.29) is 11.7 Å². The van der Waals surface area contributed by atoms with Gasteiger partial charge in [0.25, 0.3) is 0 Å². The molecule has 0 aromatic heterocycles. The van der Waals surface area contributed by atoms with Crippen LogP contribution in [0.25, 0.3) is 0 Å². The normalized spacial score (nSPS) is 10.1. The fraction of sp³-hybridized carbons (Fsp3) is 0.500. The first-order valence-electron chi connectivity index (χ1n) is 7.25. The quantitative estimate of drug-likeness (QED) is 0.538. The average Bonchev–Trinajstić information content (AvgIpc) is 2.44. The first-order valence-corrected chi connectivity index (χ1v) is 7.25. The summed E-state index contributed by atoms with van der Waals surface area (Å²) in [5.74, 6) is 0.110. The molecule has 0 saturated carbocycles. The molecule has 0 unspecified atom stereocenters. The molecule has 0 aliphatic carbocycles. The van der Waals surface area contributed by atoms with E-state index in [4.69, 9.17) is 0 Å². The molecule has 0 aliphatic heterocycles. The molecule has 20 heavy (non-hydrogen) atoms. The van der Waals surface area contributed by atoms with Crippen LogP contribution in [-0.2, 0) is 4.79 Å². The molecular weight excluding hydrogens is 252 g/mol. The molecule has 1 rings (SSSR count). The van der Waals surface area contributed by atoms with Crippen molar-refractivity contribution in [3.8, 4) is 0 Å². The molecule has 0 fully saturated rings. The van der Waals surface area contributed by atoms with Crippen LogP contribution in [0.2, 0.25) is 0 Å². The lowest BCUT2D eigenvalue weighted by Gasteiger charge is -2.08. The molecule has 4 heteroatoms. The Bertz CT molecular complexity index is 444. The summed E-state index contributed by atoms with van der Waals surface area (Å²) in [4.78, 5) is 22.8. The summed E-state index contributed by atoms with van der Waals surface area (Å²) in [5.41, 5.74) is 1.55. The van der Waals surface area contributed by atoms with Gasteiger partial charge in [0.05, 0.1) is 0 Å². The lowest BCUT2D eigenvalue weighted by Crippen LogP contribution is -2.26. The maximum Gasteiger partial charge on any atom is 0.221 e. The number of carbonyl (C=O) groups excluding carboxylic acids is 2. The molecule has 0 atom stereocenters. The highest BCUT2D eigenvalue weighted by atomic mass is 16.1. The third-order valence-corrected chi connectivity index (χ3v) is 3.05. The van der Waals surface area contributed by atoms with Gasteiger partial charge in [-0.1, -0.05) is 31.9 Å². The number of nitrogens with one attached hydrogen (secondary N) is 2. The fourth-order valence-corrected chi connectivity index (χ4v) is 1.86. The SMILES string of the molecule is CCCCCNC(=O)CCNc1cccc(C(C)=O)c1. The van der Waals surface area contributed by atoms with Gasteiger partial charge in [-0.15, -0.1) is 0 Å². The minimum Gasteiger partial charge on any atom is -0.385 e. The number of ketones is 1. The van der Waals surface area contributed by atoms with Crippen molar-refractivity contribution in [3.63, 3.8) is 0 Å². The third-order valence-electron chi connectivity index (χ3n) is 3.05. The van der Waals surface area contributed by atoms with Crippen molar-refractivity contribution in [2.24, 2.45) is 0 Å². The van der Waals surface area contributed by atoms with E-state index >= 15 is 0 Å². The van der Waals surface area contributed by atoms with Gasteiger partial charge >= 0.3 is 0 Å². The zero-order valence-electron chi connectivity index (χ0n) is 12.4. The van der Waals surface area contributed by atoms with Crippen molar-refractivity contribution in [1.82, 2.24) is 5.32 Å². The monoisotopic (exact) mass is 276 g/mol. The second-order valence-corrected chi connectivity index (χ2v) is 4.87. The molecular formula is C16H24N2O2. The Morgan fingerprint density at radius 1 is 1.15 bits per heavy atom. The number of hydrogen-bond acceptors (Lipinski definition) is 3. The summed E-state index contributed by atoms with van der Waals surface area (Å²) >= 11 is 0. The van der Waals surface area contributed by atoms with Gasteiger partial charge < -0.3 is 10.6 Å². The van der Waals surface area contributed by atoms with Gasteiger partial charge in [0.15, 0.2) is 5.78 Å². The summed E-state index contributed by atoms with van der Waals surface area (Å²) in [6, 6.07) is 7.32. The maximum absolute atomic E-state index is 11.6. The first-order chi connectivity index (χ1) is 9.63. The van der Waals surface area contributed by atoms with Gasteiger partial charge in [0.1, 0.15) is 0 Å². The van der Waals surface area contributed by atoms with Crippen LogP contribution in [0.3, 0.4) is 0 Å². The summed E-state index contributed by atoms with van der Waals surface area (Å²) in [6.07, 6.45) is 3.78. The summed E-state index contributed by atoms with van der Waals surface area (Å²) in [5, 5.41) is 6.06. The highest BCUT2D eigenvalue weighted by molar-refractivity contribution is 5.94. The predicted molar refractivity (Wildman–Crippen MR) is 82.1 cm³/mol. The van der Waals surface area contributed by atoms with Gasteiger partial charge in [-0.3, -0.25) is 9.59 Å². The number of anilines is 1. The second-order valence-electron chi connectivity index (χ2n) is 4.87. The molecule has 2 N–H and O–H groups in total. The van der Waals surface area contributed by atoms with Gasteiger partial charge in [-0.25, -0.2) is 0 Å². The lowest BCUT2D eigenvalue weighted by atomic mass is 10.1. The number of benzene rings is 1. The smallest absolute Gasteiger partial charge is 0.221 e. The summed E-state index contributed by atoms with van der Waals surface area (Å²) in [7, 11) is 0. The Morgan fingerprint density at radius 3 is 2.65 bits per heavy atom. The van der Waals surface area contributed by atoms with Crippen molar-refractivity contribution in [2.45, 2.75) is 39.5 Å². The zero-order valence-corrected chi connectivity index (χ0v) is 12.4. The van der Waals surface area contributed by atoms with Gasteiger partial charge in [-0.05, 0) is 25.5 Å². The Labute approximate surface area is 121 Å². The minimum atomic E-state index is 0.0438. The van der Waals surface area contributed by atoms with Crippen molar-refractivity contribution < 1.29 is 9.59 Å². The van der Waals surface area contributed by atoms with Crippen molar-refractivity contribution in [2.75, 3.05) is 18.4 Å². The van der Waals surface area contributed by atoms with Crippen molar-refractivity contribution in [1.29, 1.82) is 0 Å². The second kappa shape index (κ2) is 9.13. The van der Waals surface area contributed by atoms with Crippen LogP contribution in [0, 0.1) is 0 Å². The van der Waals surface area contributed by atoms with E-state index in [0.717, 1.165) is 31.5 Å². The van der Waals surface area contributed by atoms with E-state index in [1.165, 1.54) is 0 Å². The van der Waals surface area contributed by atoms with E-state index in [0.29, 0.717) is 18.5 Å². The fourth-order valence-electron chi connectivity index (χ4n) is 1.86. The number of Topliss-reactive ketones (excluding diaryl/α,β-unsaturated/α-hetero) is 1. The van der Waals surface area contributed by atoms with Crippen LogP contribution in [0.4, 0.5) is 5.69 Å². The standard InChI is InChI=1S/C16H24N2O2/c1-3-4-5-10-18-16(20)9-11-17-15-8-6-7-14(12-15)13(2)19/h6-8,12,17H,3-5,9-11H2,1-2H3,(H,18,20). The minimum absolute atomic E-state index is 0.0438. The Balaban J connectivity index is 2.25. The van der Waals surface area contributed by atoms with Crippen molar-refractivity contribution >= 4 is 17.4 Å². The largest absolute Gasteiger partial charge is 0.385 e. The van der Waals surface area contributed by atoms with Crippen LogP contribution >= 0.6 is 0 Å². The average molecular weight is 276 g/mol. The molecule has 4 nitrogen and oxygen atoms in total. The number of amides is 1. The topological polar surface area (TPSA) is 58.2 Å². The van der Waals surface area contributed by atoms with E-state index < -0.39 is 0 Å². The van der Waals surface area contributed by atoms with Crippen LogP contribution in [-0.4, -0.2) is 24.8 Å². The number of unbranched alkanes of at least 4 members (excludes halogenated alkanes) is 2. The molecule has 0 bridgehead atoms. The highest BCUT2D eigenvalue weighted by Crippen LogP contribution is 2.10. The van der Waals surface area contributed by atoms with Crippen LogP contribution in [0.1, 0.15) is 49.9 Å². The molecule has 1 aromatic rings. The first kappa shape index (κ1) is 16.2. The Kier molecular flexibility index (Phi) is 7.40. The third kappa shape index (κ3) is 6.36. The molecule has 1 amide bonds. The molecule has 0 saturated heterocycles. The Morgan fingerprint density at radius 2 is 1.95 bits per heavy atom. The highest BCUT2D eigenvalue weighted by Gasteiger charge is 2.02. The molecule has 1 aromatic carbocycles. The van der Waals surface area contributed by atoms with E-state index in [9.17, 15) is 9.59 Å². The van der Waals surface area contributed by atoms with E-state index in [2.05, 4.69) is 17.6 Å². The molecule has 0 radical (unpaired) electrons. The summed E-state index contributed by atoms with van der Waals surface area (Å²) in [6.45, 7) is 5.01. The molecule has 0 heterocycles. The van der Waals surface area contributed by atoms with Crippen LogP contribution in [0.15, 0.2) is 24.3 Å². The van der Waals surface area contributed by atoms with Gasteiger partial charge in [-0.2, -0.15) is 0 Å². The summed E-state index contributed by atoms with van der Waals surface area (Å²) < 4.78 is 0. The van der Waals surface area contributed by atoms with E-state index in [1.54, 1.807) is 13.0 Å². The number of rotatable bonds is 9. The molecule has 0 spiro atoms. The Hall–Kier alpha value is -1.84. The predicted octanol–water partition coefficient (Wildman–Crippen LogP) is 3.00. The van der Waals surface area contributed by atoms with E-state index in [1.807, 2.05) is 18.2 Å².